The SMILES string of the molecule is CCN(CC)CCCC(C)NC(=NC)NCCc1cn2cccc(C)c2n1. The van der Waals surface area contributed by atoms with Crippen LogP contribution in [0.15, 0.2) is 29.5 Å². The number of nitrogens with zero attached hydrogens (tertiary/aromatic N) is 4. The van der Waals surface area contributed by atoms with Gasteiger partial charge in [0.15, 0.2) is 5.96 Å². The first-order valence-electron chi connectivity index (χ1n) is 10.2. The second-order valence-corrected chi connectivity index (χ2v) is 7.12. The van der Waals surface area contributed by atoms with Crippen molar-refractivity contribution < 1.29 is 0 Å². The summed E-state index contributed by atoms with van der Waals surface area (Å²) in [5.41, 5.74) is 3.34. The minimum absolute atomic E-state index is 0.407. The highest BCUT2D eigenvalue weighted by Crippen LogP contribution is 2.10. The highest BCUT2D eigenvalue weighted by molar-refractivity contribution is 5.79. The molecule has 0 aliphatic rings. The fourth-order valence-electron chi connectivity index (χ4n) is 3.29. The van der Waals surface area contributed by atoms with Gasteiger partial charge in [-0.2, -0.15) is 0 Å². The molecule has 1 unspecified atom stereocenters. The number of hydrogen-bond donors (Lipinski definition) is 2. The molecule has 0 radical (unpaired) electrons. The number of aryl methyl sites for hydroxylation is 1. The largest absolute Gasteiger partial charge is 0.356 e. The summed E-state index contributed by atoms with van der Waals surface area (Å²) in [5, 5.41) is 6.90. The highest BCUT2D eigenvalue weighted by Gasteiger charge is 2.08. The number of guanidine groups is 1. The van der Waals surface area contributed by atoms with Crippen molar-refractivity contribution >= 4 is 11.6 Å². The normalized spacial score (nSPS) is 13.3. The molecule has 150 valence electrons. The molecular formula is C21H36N6. The monoisotopic (exact) mass is 372 g/mol. The summed E-state index contributed by atoms with van der Waals surface area (Å²) in [5.74, 6) is 0.866. The van der Waals surface area contributed by atoms with E-state index >= 15 is 0 Å². The van der Waals surface area contributed by atoms with Gasteiger partial charge in [-0.1, -0.05) is 19.9 Å². The highest BCUT2D eigenvalue weighted by atomic mass is 15.2. The number of hydrogen-bond acceptors (Lipinski definition) is 3. The Balaban J connectivity index is 1.73. The van der Waals surface area contributed by atoms with Crippen LogP contribution in [0.1, 0.15) is 44.9 Å². The van der Waals surface area contributed by atoms with Crippen molar-refractivity contribution in [1.29, 1.82) is 0 Å². The molecular weight excluding hydrogens is 336 g/mol. The van der Waals surface area contributed by atoms with Crippen LogP contribution in [0.25, 0.3) is 5.65 Å². The lowest BCUT2D eigenvalue weighted by Gasteiger charge is -2.21. The van der Waals surface area contributed by atoms with Crippen LogP contribution in [0.3, 0.4) is 0 Å². The fourth-order valence-corrected chi connectivity index (χ4v) is 3.29. The van der Waals surface area contributed by atoms with Crippen LogP contribution in [0.4, 0.5) is 0 Å². The molecule has 0 spiro atoms. The Labute approximate surface area is 164 Å². The zero-order valence-corrected chi connectivity index (χ0v) is 17.6. The number of nitrogens with one attached hydrogen (secondary N) is 2. The Morgan fingerprint density at radius 1 is 1.33 bits per heavy atom. The Bertz CT molecular complexity index is 717. The molecule has 6 heteroatoms. The van der Waals surface area contributed by atoms with Gasteiger partial charge in [0.2, 0.25) is 0 Å². The molecule has 0 aromatic carbocycles. The number of rotatable bonds is 10. The number of fused-ring (bicyclic) bond motifs is 1. The third-order valence-electron chi connectivity index (χ3n) is 5.01. The molecule has 0 bridgehead atoms. The van der Waals surface area contributed by atoms with E-state index in [0.717, 1.165) is 49.8 Å². The Morgan fingerprint density at radius 2 is 2.11 bits per heavy atom. The van der Waals surface area contributed by atoms with Crippen LogP contribution in [0, 0.1) is 6.92 Å². The van der Waals surface area contributed by atoms with Gasteiger partial charge < -0.3 is 19.9 Å². The topological polar surface area (TPSA) is 57.0 Å². The van der Waals surface area contributed by atoms with Crippen LogP contribution in [-0.2, 0) is 6.42 Å². The molecule has 0 saturated heterocycles. The Hall–Kier alpha value is -2.08. The molecule has 2 aromatic rings. The molecule has 0 aliphatic carbocycles. The molecule has 0 fully saturated rings. The summed E-state index contributed by atoms with van der Waals surface area (Å²) in [6.45, 7) is 13.0. The Kier molecular flexibility index (Phi) is 8.58. The van der Waals surface area contributed by atoms with Crippen molar-refractivity contribution in [1.82, 2.24) is 24.9 Å². The van der Waals surface area contributed by atoms with Crippen molar-refractivity contribution in [2.45, 2.75) is 53.0 Å². The smallest absolute Gasteiger partial charge is 0.191 e. The van der Waals surface area contributed by atoms with Gasteiger partial charge in [-0.05, 0) is 58.0 Å². The molecule has 2 aromatic heterocycles. The average molecular weight is 373 g/mol. The summed E-state index contributed by atoms with van der Waals surface area (Å²) in [4.78, 5) is 11.5. The lowest BCUT2D eigenvalue weighted by atomic mass is 10.2. The van der Waals surface area contributed by atoms with Crippen molar-refractivity contribution in [2.24, 2.45) is 4.99 Å². The number of pyridine rings is 1. The summed E-state index contributed by atoms with van der Waals surface area (Å²) < 4.78 is 2.09. The predicted molar refractivity (Wildman–Crippen MR) is 115 cm³/mol. The lowest BCUT2D eigenvalue weighted by Crippen LogP contribution is -2.43. The van der Waals surface area contributed by atoms with Crippen molar-refractivity contribution in [3.63, 3.8) is 0 Å². The second kappa shape index (κ2) is 10.9. The summed E-state index contributed by atoms with van der Waals surface area (Å²) in [6.07, 6.45) is 7.37. The zero-order chi connectivity index (χ0) is 19.6. The van der Waals surface area contributed by atoms with Gasteiger partial charge in [0.05, 0.1) is 5.69 Å². The van der Waals surface area contributed by atoms with Crippen LogP contribution >= 0.6 is 0 Å². The van der Waals surface area contributed by atoms with E-state index in [9.17, 15) is 0 Å². The van der Waals surface area contributed by atoms with E-state index in [2.05, 4.69) is 71.0 Å². The summed E-state index contributed by atoms with van der Waals surface area (Å²) >= 11 is 0. The Morgan fingerprint density at radius 3 is 2.78 bits per heavy atom. The third kappa shape index (κ3) is 6.54. The maximum Gasteiger partial charge on any atom is 0.191 e. The van der Waals surface area contributed by atoms with Crippen LogP contribution in [0.2, 0.25) is 0 Å². The minimum atomic E-state index is 0.407. The number of aliphatic imine (C=N–C) groups is 1. The van der Waals surface area contributed by atoms with Crippen molar-refractivity contribution in [2.75, 3.05) is 33.2 Å². The number of imidazole rings is 1. The first kappa shape index (κ1) is 21.2. The van der Waals surface area contributed by atoms with Gasteiger partial charge in [-0.3, -0.25) is 4.99 Å². The quantitative estimate of drug-likeness (QED) is 0.497. The number of aromatic nitrogens is 2. The van der Waals surface area contributed by atoms with Gasteiger partial charge in [-0.25, -0.2) is 4.98 Å². The maximum absolute atomic E-state index is 4.73. The molecule has 1 atom stereocenters. The van der Waals surface area contributed by atoms with E-state index < -0.39 is 0 Å². The van der Waals surface area contributed by atoms with E-state index in [-0.39, 0.29) is 0 Å². The van der Waals surface area contributed by atoms with E-state index in [0.29, 0.717) is 6.04 Å². The van der Waals surface area contributed by atoms with Gasteiger partial charge in [0.1, 0.15) is 5.65 Å². The summed E-state index contributed by atoms with van der Waals surface area (Å²) in [6, 6.07) is 4.56. The fraction of sp³-hybridized carbons (Fsp3) is 0.619. The molecule has 0 saturated carbocycles. The van der Waals surface area contributed by atoms with Crippen LogP contribution < -0.4 is 10.6 Å². The average Bonchev–Trinajstić information content (AvgIpc) is 3.09. The molecule has 0 aliphatic heterocycles. The molecule has 27 heavy (non-hydrogen) atoms. The molecule has 6 nitrogen and oxygen atoms in total. The van der Waals surface area contributed by atoms with Gasteiger partial charge >= 0.3 is 0 Å². The first-order chi connectivity index (χ1) is 13.1. The zero-order valence-electron chi connectivity index (χ0n) is 17.6. The van der Waals surface area contributed by atoms with E-state index in [1.807, 2.05) is 13.2 Å². The van der Waals surface area contributed by atoms with E-state index in [4.69, 9.17) is 4.98 Å². The maximum atomic E-state index is 4.73. The second-order valence-electron chi connectivity index (χ2n) is 7.12. The van der Waals surface area contributed by atoms with E-state index in [1.54, 1.807) is 0 Å². The standard InChI is InChI=1S/C21H36N6/c1-6-26(7-2)14-9-11-18(4)24-21(22-5)23-13-12-19-16-27-15-8-10-17(3)20(27)25-19/h8,10,15-16,18H,6-7,9,11-14H2,1-5H3,(H2,22,23,24). The van der Waals surface area contributed by atoms with E-state index in [1.165, 1.54) is 18.5 Å². The first-order valence-corrected chi connectivity index (χ1v) is 10.2. The summed E-state index contributed by atoms with van der Waals surface area (Å²) in [7, 11) is 1.83. The van der Waals surface area contributed by atoms with Gasteiger partial charge in [-0.15, -0.1) is 0 Å². The lowest BCUT2D eigenvalue weighted by molar-refractivity contribution is 0.292. The van der Waals surface area contributed by atoms with Gasteiger partial charge in [0.25, 0.3) is 0 Å². The van der Waals surface area contributed by atoms with Crippen LogP contribution in [-0.4, -0.2) is 59.5 Å². The molecule has 2 N–H and O–H groups in total. The predicted octanol–water partition coefficient (Wildman–Crippen LogP) is 2.86. The van der Waals surface area contributed by atoms with Crippen molar-refractivity contribution in [3.05, 3.63) is 35.8 Å². The van der Waals surface area contributed by atoms with Crippen molar-refractivity contribution in [3.8, 4) is 0 Å². The molecule has 0 amide bonds. The third-order valence-corrected chi connectivity index (χ3v) is 5.01. The molecule has 2 rings (SSSR count). The van der Waals surface area contributed by atoms with Crippen LogP contribution in [0.5, 0.6) is 0 Å². The minimum Gasteiger partial charge on any atom is -0.356 e. The molecule has 2 heterocycles. The van der Waals surface area contributed by atoms with Gasteiger partial charge in [0, 0.05) is 38.4 Å².